The monoisotopic (exact) mass is 330 g/mol. The van der Waals surface area contributed by atoms with Gasteiger partial charge in [0.15, 0.2) is 11.5 Å². The van der Waals surface area contributed by atoms with Gasteiger partial charge in [-0.05, 0) is 48.2 Å². The van der Waals surface area contributed by atoms with E-state index in [4.69, 9.17) is 14.2 Å². The molecule has 0 spiro atoms. The van der Waals surface area contributed by atoms with Gasteiger partial charge in [0, 0.05) is 6.20 Å². The first-order chi connectivity index (χ1) is 11.5. The molecule has 0 saturated carbocycles. The number of pyridine rings is 1. The van der Waals surface area contributed by atoms with E-state index in [2.05, 4.69) is 31.1 Å². The Labute approximate surface area is 144 Å². The molecule has 0 radical (unpaired) electrons. The van der Waals surface area contributed by atoms with Crippen molar-refractivity contribution < 1.29 is 14.2 Å². The fraction of sp³-hybridized carbons (Fsp3) is 0.421. The number of anilines is 1. The summed E-state index contributed by atoms with van der Waals surface area (Å²) in [5.41, 5.74) is 2.22. The Morgan fingerprint density at radius 3 is 2.04 bits per heavy atom. The molecule has 5 heteroatoms. The van der Waals surface area contributed by atoms with Crippen LogP contribution in [0.2, 0.25) is 0 Å². The Balaban J connectivity index is 2.44. The number of ether oxygens (including phenoxy) is 3. The molecule has 1 aromatic carbocycles. The number of hydrogen-bond acceptors (Lipinski definition) is 5. The zero-order chi connectivity index (χ0) is 17.7. The van der Waals surface area contributed by atoms with Crippen molar-refractivity contribution in [3.8, 4) is 17.2 Å². The zero-order valence-corrected chi connectivity index (χ0v) is 15.2. The molecule has 2 rings (SSSR count). The molecule has 130 valence electrons. The average Bonchev–Trinajstić information content (AvgIpc) is 2.58. The standard InChI is InChI=1S/C19H26N2O3/c1-12(2)18(21-17-9-13(3)7-8-20-17)14-10-15(22-4)19(24-6)16(11-14)23-5/h7-12,18H,1-6H3,(H,20,21). The molecule has 24 heavy (non-hydrogen) atoms. The second-order valence-electron chi connectivity index (χ2n) is 6.04. The maximum Gasteiger partial charge on any atom is 0.203 e. The van der Waals surface area contributed by atoms with Crippen molar-refractivity contribution in [1.29, 1.82) is 0 Å². The normalized spacial score (nSPS) is 12.0. The van der Waals surface area contributed by atoms with Crippen LogP contribution in [0.1, 0.15) is 31.0 Å². The Kier molecular flexibility index (Phi) is 5.90. The predicted molar refractivity (Wildman–Crippen MR) is 96.3 cm³/mol. The van der Waals surface area contributed by atoms with Gasteiger partial charge in [-0.15, -0.1) is 0 Å². The summed E-state index contributed by atoms with van der Waals surface area (Å²) in [6, 6.07) is 8.04. The van der Waals surface area contributed by atoms with Crippen LogP contribution < -0.4 is 19.5 Å². The lowest BCUT2D eigenvalue weighted by Gasteiger charge is -2.25. The summed E-state index contributed by atoms with van der Waals surface area (Å²) >= 11 is 0. The van der Waals surface area contributed by atoms with E-state index in [1.54, 1.807) is 21.3 Å². The highest BCUT2D eigenvalue weighted by molar-refractivity contribution is 5.55. The largest absolute Gasteiger partial charge is 0.493 e. The van der Waals surface area contributed by atoms with Gasteiger partial charge in [0.05, 0.1) is 27.4 Å². The second kappa shape index (κ2) is 7.90. The summed E-state index contributed by atoms with van der Waals surface area (Å²) in [5.74, 6) is 3.09. The van der Waals surface area contributed by atoms with Gasteiger partial charge in [0.1, 0.15) is 5.82 Å². The smallest absolute Gasteiger partial charge is 0.203 e. The lowest BCUT2D eigenvalue weighted by molar-refractivity contribution is 0.323. The molecule has 1 heterocycles. The van der Waals surface area contributed by atoms with Crippen molar-refractivity contribution in [2.75, 3.05) is 26.6 Å². The lowest BCUT2D eigenvalue weighted by atomic mass is 9.95. The molecule has 5 nitrogen and oxygen atoms in total. The number of benzene rings is 1. The van der Waals surface area contributed by atoms with Crippen LogP contribution in [0, 0.1) is 12.8 Å². The van der Waals surface area contributed by atoms with Crippen LogP contribution >= 0.6 is 0 Å². The minimum atomic E-state index is 0.0630. The van der Waals surface area contributed by atoms with Gasteiger partial charge in [-0.25, -0.2) is 4.98 Å². The zero-order valence-electron chi connectivity index (χ0n) is 15.2. The average molecular weight is 330 g/mol. The molecule has 0 amide bonds. The van der Waals surface area contributed by atoms with E-state index >= 15 is 0 Å². The Morgan fingerprint density at radius 2 is 1.58 bits per heavy atom. The molecular formula is C19H26N2O3. The minimum absolute atomic E-state index is 0.0630. The Bertz CT molecular complexity index is 661. The molecule has 1 aromatic heterocycles. The van der Waals surface area contributed by atoms with Crippen LogP contribution in [0.15, 0.2) is 30.5 Å². The van der Waals surface area contributed by atoms with E-state index in [-0.39, 0.29) is 6.04 Å². The van der Waals surface area contributed by atoms with Gasteiger partial charge in [-0.2, -0.15) is 0 Å². The Hall–Kier alpha value is -2.43. The second-order valence-corrected chi connectivity index (χ2v) is 6.04. The molecule has 1 unspecified atom stereocenters. The first-order valence-electron chi connectivity index (χ1n) is 7.99. The fourth-order valence-electron chi connectivity index (χ4n) is 2.69. The van der Waals surface area contributed by atoms with Gasteiger partial charge in [0.2, 0.25) is 5.75 Å². The van der Waals surface area contributed by atoms with E-state index < -0.39 is 0 Å². The molecule has 1 atom stereocenters. The third kappa shape index (κ3) is 3.91. The van der Waals surface area contributed by atoms with Crippen molar-refractivity contribution >= 4 is 5.82 Å². The van der Waals surface area contributed by atoms with Crippen molar-refractivity contribution in [1.82, 2.24) is 4.98 Å². The molecule has 0 aliphatic heterocycles. The Morgan fingerprint density at radius 1 is 0.958 bits per heavy atom. The quantitative estimate of drug-likeness (QED) is 0.823. The molecule has 0 aliphatic rings. The van der Waals surface area contributed by atoms with Crippen molar-refractivity contribution in [3.05, 3.63) is 41.6 Å². The van der Waals surface area contributed by atoms with Gasteiger partial charge >= 0.3 is 0 Å². The summed E-state index contributed by atoms with van der Waals surface area (Å²) in [7, 11) is 4.86. The lowest BCUT2D eigenvalue weighted by Crippen LogP contribution is -2.18. The van der Waals surface area contributed by atoms with E-state index in [0.29, 0.717) is 23.2 Å². The summed E-state index contributed by atoms with van der Waals surface area (Å²) < 4.78 is 16.3. The topological polar surface area (TPSA) is 52.6 Å². The maximum atomic E-state index is 5.47. The molecule has 0 saturated heterocycles. The number of aryl methyl sites for hydroxylation is 1. The number of methoxy groups -OCH3 is 3. The fourth-order valence-corrected chi connectivity index (χ4v) is 2.69. The highest BCUT2D eigenvalue weighted by atomic mass is 16.5. The van der Waals surface area contributed by atoms with Crippen molar-refractivity contribution in [3.63, 3.8) is 0 Å². The minimum Gasteiger partial charge on any atom is -0.493 e. The summed E-state index contributed by atoms with van der Waals surface area (Å²) in [5, 5.41) is 3.51. The number of aromatic nitrogens is 1. The van der Waals surface area contributed by atoms with Gasteiger partial charge < -0.3 is 19.5 Å². The molecule has 1 N–H and O–H groups in total. The molecule has 0 aliphatic carbocycles. The maximum absolute atomic E-state index is 5.47. The van der Waals surface area contributed by atoms with E-state index in [9.17, 15) is 0 Å². The van der Waals surface area contributed by atoms with Gasteiger partial charge in [0.25, 0.3) is 0 Å². The highest BCUT2D eigenvalue weighted by Gasteiger charge is 2.21. The summed E-state index contributed by atoms with van der Waals surface area (Å²) in [4.78, 5) is 4.41. The van der Waals surface area contributed by atoms with E-state index in [1.165, 1.54) is 5.56 Å². The molecule has 0 fully saturated rings. The van der Waals surface area contributed by atoms with Crippen LogP contribution in [-0.2, 0) is 0 Å². The molecular weight excluding hydrogens is 304 g/mol. The van der Waals surface area contributed by atoms with E-state index in [1.807, 2.05) is 30.5 Å². The first kappa shape index (κ1) is 17.9. The number of hydrogen-bond donors (Lipinski definition) is 1. The van der Waals surface area contributed by atoms with Crippen LogP contribution in [0.3, 0.4) is 0 Å². The first-order valence-corrected chi connectivity index (χ1v) is 7.99. The van der Waals surface area contributed by atoms with E-state index in [0.717, 1.165) is 11.4 Å². The van der Waals surface area contributed by atoms with Crippen molar-refractivity contribution in [2.24, 2.45) is 5.92 Å². The number of nitrogens with zero attached hydrogens (tertiary/aromatic N) is 1. The molecule has 2 aromatic rings. The predicted octanol–water partition coefficient (Wildman–Crippen LogP) is 4.23. The third-order valence-electron chi connectivity index (χ3n) is 3.93. The molecule has 0 bridgehead atoms. The van der Waals surface area contributed by atoms with Gasteiger partial charge in [-0.3, -0.25) is 0 Å². The SMILES string of the molecule is COc1cc(C(Nc2cc(C)ccn2)C(C)C)cc(OC)c1OC. The van der Waals surface area contributed by atoms with Crippen molar-refractivity contribution in [2.45, 2.75) is 26.8 Å². The number of rotatable bonds is 7. The summed E-state index contributed by atoms with van der Waals surface area (Å²) in [6.07, 6.45) is 1.81. The third-order valence-corrected chi connectivity index (χ3v) is 3.93. The van der Waals surface area contributed by atoms with Crippen LogP contribution in [0.5, 0.6) is 17.2 Å². The van der Waals surface area contributed by atoms with Crippen LogP contribution in [-0.4, -0.2) is 26.3 Å². The van der Waals surface area contributed by atoms with Crippen LogP contribution in [0.25, 0.3) is 0 Å². The highest BCUT2D eigenvalue weighted by Crippen LogP contribution is 2.41. The summed E-state index contributed by atoms with van der Waals surface area (Å²) in [6.45, 7) is 6.38. The van der Waals surface area contributed by atoms with Gasteiger partial charge in [-0.1, -0.05) is 13.8 Å². The van der Waals surface area contributed by atoms with Crippen LogP contribution in [0.4, 0.5) is 5.82 Å². The number of nitrogens with one attached hydrogen (secondary N) is 1.